The molecule has 1 heterocycles. The Morgan fingerprint density at radius 2 is 2.32 bits per heavy atom. The van der Waals surface area contributed by atoms with E-state index in [2.05, 4.69) is 19.0 Å². The molecular formula is C14H23NO4. The monoisotopic (exact) mass is 269 g/mol. The number of hydrogen-bond donors (Lipinski definition) is 0. The van der Waals surface area contributed by atoms with Crippen molar-refractivity contribution in [2.75, 3.05) is 19.8 Å². The van der Waals surface area contributed by atoms with Crippen molar-refractivity contribution in [3.8, 4) is 0 Å². The highest BCUT2D eigenvalue weighted by Gasteiger charge is 2.59. The summed E-state index contributed by atoms with van der Waals surface area (Å²) < 4.78 is 10.5. The van der Waals surface area contributed by atoms with Gasteiger partial charge in [0.25, 0.3) is 0 Å². The van der Waals surface area contributed by atoms with Gasteiger partial charge in [0.1, 0.15) is 6.61 Å². The lowest BCUT2D eigenvalue weighted by Gasteiger charge is -2.25. The molecule has 2 atom stereocenters. The van der Waals surface area contributed by atoms with Crippen LogP contribution in [0.1, 0.15) is 40.0 Å². The number of rotatable bonds is 6. The number of fused-ring (bicyclic) bond motifs is 1. The van der Waals surface area contributed by atoms with Crippen molar-refractivity contribution in [3.63, 3.8) is 0 Å². The van der Waals surface area contributed by atoms with E-state index in [1.165, 1.54) is 0 Å². The van der Waals surface area contributed by atoms with E-state index >= 15 is 0 Å². The molecule has 1 saturated carbocycles. The minimum Gasteiger partial charge on any atom is -0.460 e. The van der Waals surface area contributed by atoms with Crippen molar-refractivity contribution >= 4 is 11.7 Å². The quantitative estimate of drug-likeness (QED) is 0.547. The summed E-state index contributed by atoms with van der Waals surface area (Å²) in [6, 6.07) is 0. The molecule has 2 aliphatic rings. The van der Waals surface area contributed by atoms with Crippen LogP contribution in [0.5, 0.6) is 0 Å². The maximum atomic E-state index is 12.3. The number of hydrogen-bond acceptors (Lipinski definition) is 5. The van der Waals surface area contributed by atoms with Gasteiger partial charge in [-0.15, -0.1) is 0 Å². The van der Waals surface area contributed by atoms with E-state index in [0.29, 0.717) is 25.6 Å². The predicted molar refractivity (Wildman–Crippen MR) is 70.9 cm³/mol. The summed E-state index contributed by atoms with van der Waals surface area (Å²) in [5, 5.41) is 4.14. The van der Waals surface area contributed by atoms with Gasteiger partial charge in [0.15, 0.2) is 0 Å². The van der Waals surface area contributed by atoms with Crippen LogP contribution in [0.2, 0.25) is 0 Å². The molecule has 1 aliphatic carbocycles. The molecule has 0 aromatic rings. The fraction of sp³-hybridized carbons (Fsp3) is 0.857. The maximum Gasteiger partial charge on any atom is 0.354 e. The minimum atomic E-state index is -0.855. The third-order valence-electron chi connectivity index (χ3n) is 3.88. The van der Waals surface area contributed by atoms with Gasteiger partial charge in [-0.3, -0.25) is 0 Å². The zero-order valence-electron chi connectivity index (χ0n) is 12.0. The highest BCUT2D eigenvalue weighted by Crippen LogP contribution is 2.46. The van der Waals surface area contributed by atoms with Crippen LogP contribution in [0, 0.1) is 11.8 Å². The van der Waals surface area contributed by atoms with Crippen LogP contribution >= 0.6 is 0 Å². The fourth-order valence-corrected chi connectivity index (χ4v) is 2.92. The number of esters is 1. The SMILES string of the molecule is CCOCCOC(=O)C12CCCC1C(C(C)C)=NO2. The Bertz CT molecular complexity index is 366. The highest BCUT2D eigenvalue weighted by molar-refractivity contribution is 5.97. The molecule has 2 unspecified atom stereocenters. The normalized spacial score (nSPS) is 29.1. The minimum absolute atomic E-state index is 0.0899. The van der Waals surface area contributed by atoms with Crippen molar-refractivity contribution in [1.82, 2.24) is 0 Å². The van der Waals surface area contributed by atoms with Crippen LogP contribution < -0.4 is 0 Å². The van der Waals surface area contributed by atoms with Crippen LogP contribution in [-0.4, -0.2) is 37.1 Å². The van der Waals surface area contributed by atoms with E-state index in [1.54, 1.807) is 0 Å². The van der Waals surface area contributed by atoms with Crippen molar-refractivity contribution in [1.29, 1.82) is 0 Å². The zero-order chi connectivity index (χ0) is 13.9. The first-order valence-corrected chi connectivity index (χ1v) is 7.12. The van der Waals surface area contributed by atoms with Gasteiger partial charge in [-0.1, -0.05) is 19.0 Å². The summed E-state index contributed by atoms with van der Waals surface area (Å²) >= 11 is 0. The molecule has 108 valence electrons. The van der Waals surface area contributed by atoms with Gasteiger partial charge in [-0.05, 0) is 25.7 Å². The van der Waals surface area contributed by atoms with E-state index < -0.39 is 5.60 Å². The van der Waals surface area contributed by atoms with E-state index in [1.807, 2.05) is 6.92 Å². The van der Waals surface area contributed by atoms with E-state index in [9.17, 15) is 4.79 Å². The molecule has 0 aromatic heterocycles. The molecule has 0 N–H and O–H groups in total. The Morgan fingerprint density at radius 3 is 3.00 bits per heavy atom. The molecule has 0 amide bonds. The number of ether oxygens (including phenoxy) is 2. The molecule has 5 nitrogen and oxygen atoms in total. The molecule has 1 aliphatic heterocycles. The Hall–Kier alpha value is -1.10. The molecule has 0 spiro atoms. The van der Waals surface area contributed by atoms with Gasteiger partial charge < -0.3 is 14.3 Å². The molecule has 2 rings (SSSR count). The first-order chi connectivity index (χ1) is 9.12. The average molecular weight is 269 g/mol. The van der Waals surface area contributed by atoms with Crippen molar-refractivity contribution in [2.24, 2.45) is 17.0 Å². The summed E-state index contributed by atoms with van der Waals surface area (Å²) in [7, 11) is 0. The molecule has 5 heteroatoms. The lowest BCUT2D eigenvalue weighted by Crippen LogP contribution is -2.45. The molecule has 0 saturated heterocycles. The maximum absolute atomic E-state index is 12.3. The molecular weight excluding hydrogens is 246 g/mol. The second-order valence-corrected chi connectivity index (χ2v) is 5.43. The first kappa shape index (κ1) is 14.3. The lowest BCUT2D eigenvalue weighted by atomic mass is 9.83. The molecule has 0 bridgehead atoms. The van der Waals surface area contributed by atoms with Crippen LogP contribution in [0.4, 0.5) is 0 Å². The average Bonchev–Trinajstić information content (AvgIpc) is 2.92. The second kappa shape index (κ2) is 5.90. The largest absolute Gasteiger partial charge is 0.460 e. The van der Waals surface area contributed by atoms with Gasteiger partial charge in [0.05, 0.1) is 18.2 Å². The van der Waals surface area contributed by atoms with Crippen LogP contribution in [0.3, 0.4) is 0 Å². The summed E-state index contributed by atoms with van der Waals surface area (Å²) in [6.45, 7) is 7.41. The highest BCUT2D eigenvalue weighted by atomic mass is 16.7. The summed E-state index contributed by atoms with van der Waals surface area (Å²) in [6.07, 6.45) is 2.64. The van der Waals surface area contributed by atoms with E-state index in [-0.39, 0.29) is 18.5 Å². The van der Waals surface area contributed by atoms with Gasteiger partial charge in [-0.25, -0.2) is 4.79 Å². The zero-order valence-corrected chi connectivity index (χ0v) is 12.0. The number of carbonyl (C=O) groups excluding carboxylic acids is 1. The number of oxime groups is 1. The fourth-order valence-electron chi connectivity index (χ4n) is 2.92. The van der Waals surface area contributed by atoms with Crippen LogP contribution in [0.15, 0.2) is 5.16 Å². The molecule has 0 radical (unpaired) electrons. The predicted octanol–water partition coefficient (Wildman–Crippen LogP) is 2.15. The molecule has 19 heavy (non-hydrogen) atoms. The summed E-state index contributed by atoms with van der Waals surface area (Å²) in [4.78, 5) is 17.8. The number of carbonyl (C=O) groups is 1. The van der Waals surface area contributed by atoms with Gasteiger partial charge in [0, 0.05) is 13.0 Å². The Morgan fingerprint density at radius 1 is 1.53 bits per heavy atom. The van der Waals surface area contributed by atoms with Gasteiger partial charge >= 0.3 is 5.97 Å². The summed E-state index contributed by atoms with van der Waals surface area (Å²) in [5.41, 5.74) is 0.144. The lowest BCUT2D eigenvalue weighted by molar-refractivity contribution is -0.173. The summed E-state index contributed by atoms with van der Waals surface area (Å²) in [5.74, 6) is 0.113. The van der Waals surface area contributed by atoms with Gasteiger partial charge in [-0.2, -0.15) is 0 Å². The van der Waals surface area contributed by atoms with Crippen LogP contribution in [0.25, 0.3) is 0 Å². The first-order valence-electron chi connectivity index (χ1n) is 7.12. The van der Waals surface area contributed by atoms with Crippen molar-refractivity contribution in [2.45, 2.75) is 45.6 Å². The smallest absolute Gasteiger partial charge is 0.354 e. The third kappa shape index (κ3) is 2.61. The van der Waals surface area contributed by atoms with Crippen LogP contribution in [-0.2, 0) is 19.1 Å². The van der Waals surface area contributed by atoms with Crippen molar-refractivity contribution in [3.05, 3.63) is 0 Å². The number of nitrogens with zero attached hydrogens (tertiary/aromatic N) is 1. The topological polar surface area (TPSA) is 57.1 Å². The Kier molecular flexibility index (Phi) is 4.45. The van der Waals surface area contributed by atoms with E-state index in [4.69, 9.17) is 14.3 Å². The standard InChI is InChI=1S/C14H23NO4/c1-4-17-8-9-18-13(16)14-7-5-6-11(14)12(10(2)3)15-19-14/h10-11H,4-9H2,1-3H3. The Labute approximate surface area is 114 Å². The second-order valence-electron chi connectivity index (χ2n) is 5.43. The molecule has 1 fully saturated rings. The third-order valence-corrected chi connectivity index (χ3v) is 3.88. The van der Waals surface area contributed by atoms with Crippen molar-refractivity contribution < 1.29 is 19.1 Å². The van der Waals surface area contributed by atoms with Gasteiger partial charge in [0.2, 0.25) is 5.60 Å². The van der Waals surface area contributed by atoms with E-state index in [0.717, 1.165) is 18.6 Å². The Balaban J connectivity index is 1.97. The molecule has 0 aromatic carbocycles.